The third-order valence-electron chi connectivity index (χ3n) is 4.83. The standard InChI is InChI=1S/C16H19NO3.ClH/c1-19-12-3-2-10-9-17-7-6-16-5-4-11(18)8-13(16)20-15(12)14(10)16;/h2-5,11,13,17-18H,6-9H2,1H3;1H/t11-,13?,16?;/m0./s1. The average Bonchev–Trinajstić information content (AvgIpc) is 2.66. The molecule has 0 amide bonds. The maximum absolute atomic E-state index is 9.92. The van der Waals surface area contributed by atoms with Crippen molar-refractivity contribution in [1.82, 2.24) is 5.32 Å². The number of benzene rings is 1. The highest BCUT2D eigenvalue weighted by Crippen LogP contribution is 2.55. The molecule has 4 nitrogen and oxygen atoms in total. The van der Waals surface area contributed by atoms with Crippen molar-refractivity contribution in [3.63, 3.8) is 0 Å². The van der Waals surface area contributed by atoms with Crippen molar-refractivity contribution >= 4 is 12.4 Å². The molecule has 2 aliphatic heterocycles. The minimum atomic E-state index is -0.411. The van der Waals surface area contributed by atoms with Crippen LogP contribution in [0.3, 0.4) is 0 Å². The summed E-state index contributed by atoms with van der Waals surface area (Å²) in [6.07, 6.45) is 5.32. The van der Waals surface area contributed by atoms with Crippen LogP contribution < -0.4 is 14.8 Å². The molecule has 0 fully saturated rings. The summed E-state index contributed by atoms with van der Waals surface area (Å²) in [4.78, 5) is 0. The Morgan fingerprint density at radius 2 is 2.29 bits per heavy atom. The van der Waals surface area contributed by atoms with Crippen LogP contribution in [0.25, 0.3) is 0 Å². The predicted molar refractivity (Wildman–Crippen MR) is 82.4 cm³/mol. The molecule has 5 heteroatoms. The van der Waals surface area contributed by atoms with Crippen molar-refractivity contribution in [2.75, 3.05) is 13.7 Å². The molecule has 3 aliphatic rings. The molecule has 0 saturated heterocycles. The number of aliphatic hydroxyl groups excluding tert-OH is 1. The average molecular weight is 310 g/mol. The fraction of sp³-hybridized carbons (Fsp3) is 0.500. The summed E-state index contributed by atoms with van der Waals surface area (Å²) in [5.41, 5.74) is 2.43. The van der Waals surface area contributed by atoms with Crippen molar-refractivity contribution in [2.24, 2.45) is 0 Å². The van der Waals surface area contributed by atoms with E-state index in [1.54, 1.807) is 7.11 Å². The molecule has 1 aliphatic carbocycles. The maximum Gasteiger partial charge on any atom is 0.166 e. The Morgan fingerprint density at radius 1 is 1.43 bits per heavy atom. The highest BCUT2D eigenvalue weighted by molar-refractivity contribution is 5.85. The van der Waals surface area contributed by atoms with Crippen LogP contribution >= 0.6 is 12.4 Å². The normalized spacial score (nSPS) is 32.3. The smallest absolute Gasteiger partial charge is 0.166 e. The second-order valence-electron chi connectivity index (χ2n) is 5.87. The van der Waals surface area contributed by atoms with Crippen LogP contribution in [-0.4, -0.2) is 31.0 Å². The van der Waals surface area contributed by atoms with Crippen LogP contribution in [0.4, 0.5) is 0 Å². The lowest BCUT2D eigenvalue weighted by Crippen LogP contribution is -2.42. The summed E-state index contributed by atoms with van der Waals surface area (Å²) in [5.74, 6) is 1.67. The van der Waals surface area contributed by atoms with Crippen LogP contribution in [0.1, 0.15) is 24.0 Å². The Hall–Kier alpha value is -1.23. The number of rotatable bonds is 1. The van der Waals surface area contributed by atoms with Gasteiger partial charge in [-0.1, -0.05) is 18.2 Å². The van der Waals surface area contributed by atoms with Gasteiger partial charge in [0.2, 0.25) is 0 Å². The SMILES string of the molecule is COc1ccc2c3c1OC1C[C@@H](O)C=CC31CCNC2.Cl. The monoisotopic (exact) mass is 309 g/mol. The van der Waals surface area contributed by atoms with Gasteiger partial charge in [-0.25, -0.2) is 0 Å². The zero-order chi connectivity index (χ0) is 13.7. The molecule has 1 aromatic carbocycles. The second-order valence-corrected chi connectivity index (χ2v) is 5.87. The van der Waals surface area contributed by atoms with Gasteiger partial charge < -0.3 is 19.9 Å². The van der Waals surface area contributed by atoms with Crippen LogP contribution in [-0.2, 0) is 12.0 Å². The van der Waals surface area contributed by atoms with E-state index in [1.807, 2.05) is 12.1 Å². The Morgan fingerprint density at radius 3 is 3.10 bits per heavy atom. The second kappa shape index (κ2) is 5.20. The number of nitrogens with one attached hydrogen (secondary N) is 1. The Balaban J connectivity index is 0.00000132. The molecule has 1 spiro atoms. The summed E-state index contributed by atoms with van der Waals surface area (Å²) in [6.45, 7) is 1.82. The topological polar surface area (TPSA) is 50.7 Å². The summed E-state index contributed by atoms with van der Waals surface area (Å²) >= 11 is 0. The molecule has 1 aromatic rings. The lowest BCUT2D eigenvalue weighted by atomic mass is 9.69. The van der Waals surface area contributed by atoms with Crippen molar-refractivity contribution in [1.29, 1.82) is 0 Å². The van der Waals surface area contributed by atoms with Crippen LogP contribution in [0, 0.1) is 0 Å². The molecule has 0 aromatic heterocycles. The van der Waals surface area contributed by atoms with Gasteiger partial charge in [-0.2, -0.15) is 0 Å². The first-order chi connectivity index (χ1) is 9.74. The summed E-state index contributed by atoms with van der Waals surface area (Å²) in [7, 11) is 1.68. The molecular formula is C16H20ClNO3. The van der Waals surface area contributed by atoms with Gasteiger partial charge in [-0.15, -0.1) is 12.4 Å². The molecule has 2 heterocycles. The molecule has 2 N–H and O–H groups in total. The molecule has 0 saturated carbocycles. The van der Waals surface area contributed by atoms with Crippen LogP contribution in [0.2, 0.25) is 0 Å². The van der Waals surface area contributed by atoms with E-state index >= 15 is 0 Å². The number of hydrogen-bond donors (Lipinski definition) is 2. The first-order valence-corrected chi connectivity index (χ1v) is 7.20. The van der Waals surface area contributed by atoms with E-state index in [1.165, 1.54) is 11.1 Å². The quantitative estimate of drug-likeness (QED) is 0.778. The highest BCUT2D eigenvalue weighted by atomic mass is 35.5. The van der Waals surface area contributed by atoms with Crippen molar-refractivity contribution in [3.05, 3.63) is 35.4 Å². The van der Waals surface area contributed by atoms with Gasteiger partial charge in [0.05, 0.1) is 18.6 Å². The third-order valence-corrected chi connectivity index (χ3v) is 4.83. The zero-order valence-corrected chi connectivity index (χ0v) is 12.8. The Kier molecular flexibility index (Phi) is 3.64. The van der Waals surface area contributed by atoms with E-state index in [0.29, 0.717) is 6.42 Å². The van der Waals surface area contributed by atoms with E-state index in [0.717, 1.165) is 31.0 Å². The van der Waals surface area contributed by atoms with E-state index in [4.69, 9.17) is 9.47 Å². The Bertz CT molecular complexity index is 589. The zero-order valence-electron chi connectivity index (χ0n) is 12.0. The van der Waals surface area contributed by atoms with Crippen molar-refractivity contribution in [2.45, 2.75) is 37.0 Å². The fourth-order valence-electron chi connectivity index (χ4n) is 3.87. The largest absolute Gasteiger partial charge is 0.493 e. The Labute approximate surface area is 130 Å². The molecule has 2 unspecified atom stereocenters. The lowest BCUT2D eigenvalue weighted by molar-refractivity contribution is 0.0851. The van der Waals surface area contributed by atoms with Crippen molar-refractivity contribution < 1.29 is 14.6 Å². The van der Waals surface area contributed by atoms with Gasteiger partial charge in [-0.3, -0.25) is 0 Å². The number of hydrogen-bond acceptors (Lipinski definition) is 4. The van der Waals surface area contributed by atoms with E-state index in [-0.39, 0.29) is 23.9 Å². The molecule has 21 heavy (non-hydrogen) atoms. The van der Waals surface area contributed by atoms with E-state index < -0.39 is 6.10 Å². The number of aliphatic hydroxyl groups is 1. The van der Waals surface area contributed by atoms with Crippen LogP contribution in [0.5, 0.6) is 11.5 Å². The minimum Gasteiger partial charge on any atom is -0.493 e. The minimum absolute atomic E-state index is 0. The molecule has 3 atom stereocenters. The number of ether oxygens (including phenoxy) is 2. The number of halogens is 1. The summed E-state index contributed by atoms with van der Waals surface area (Å²) in [5, 5.41) is 13.4. The molecule has 0 bridgehead atoms. The predicted octanol–water partition coefficient (Wildman–Crippen LogP) is 1.93. The van der Waals surface area contributed by atoms with Gasteiger partial charge >= 0.3 is 0 Å². The van der Waals surface area contributed by atoms with Crippen LogP contribution in [0.15, 0.2) is 24.3 Å². The molecular weight excluding hydrogens is 290 g/mol. The summed E-state index contributed by atoms with van der Waals surface area (Å²) < 4.78 is 11.7. The first-order valence-electron chi connectivity index (χ1n) is 7.20. The van der Waals surface area contributed by atoms with Gasteiger partial charge in [0.1, 0.15) is 6.10 Å². The molecule has 114 valence electrons. The van der Waals surface area contributed by atoms with Gasteiger partial charge in [0.15, 0.2) is 11.5 Å². The van der Waals surface area contributed by atoms with Crippen molar-refractivity contribution in [3.8, 4) is 11.5 Å². The lowest BCUT2D eigenvalue weighted by Gasteiger charge is -2.35. The number of methoxy groups -OCH3 is 1. The van der Waals surface area contributed by atoms with Gasteiger partial charge in [0, 0.05) is 18.5 Å². The van der Waals surface area contributed by atoms with E-state index in [9.17, 15) is 5.11 Å². The fourth-order valence-corrected chi connectivity index (χ4v) is 3.87. The highest BCUT2D eigenvalue weighted by Gasteiger charge is 2.52. The van der Waals surface area contributed by atoms with E-state index in [2.05, 4.69) is 17.5 Å². The van der Waals surface area contributed by atoms with Gasteiger partial charge in [-0.05, 0) is 24.6 Å². The van der Waals surface area contributed by atoms with Gasteiger partial charge in [0.25, 0.3) is 0 Å². The summed E-state index contributed by atoms with van der Waals surface area (Å²) in [6, 6.07) is 4.11. The first kappa shape index (κ1) is 14.7. The third kappa shape index (κ3) is 1.97. The molecule has 0 radical (unpaired) electrons. The maximum atomic E-state index is 9.92. The molecule has 4 rings (SSSR count).